The molecule has 2 N–H and O–H groups in total. The van der Waals surface area contributed by atoms with Gasteiger partial charge in [0.25, 0.3) is 5.56 Å². The minimum absolute atomic E-state index is 0.157. The van der Waals surface area contributed by atoms with Gasteiger partial charge in [0, 0.05) is 17.9 Å². The molecule has 2 aromatic carbocycles. The van der Waals surface area contributed by atoms with Gasteiger partial charge in [-0.25, -0.2) is 4.98 Å². The third kappa shape index (κ3) is 2.86. The van der Waals surface area contributed by atoms with Crippen LogP contribution < -0.4 is 15.6 Å². The number of carbonyl (C=O) groups is 1. The number of nitrogens with zero attached hydrogens (tertiary/aromatic N) is 1. The van der Waals surface area contributed by atoms with E-state index in [1.807, 2.05) is 54.6 Å². The average Bonchev–Trinajstić information content (AvgIpc) is 2.67. The fourth-order valence-electron chi connectivity index (χ4n) is 3.22. The number of benzene rings is 2. The second-order valence-electron chi connectivity index (χ2n) is 6.12. The van der Waals surface area contributed by atoms with Crippen LogP contribution in [-0.2, 0) is 4.79 Å². The monoisotopic (exact) mass is 347 g/mol. The van der Waals surface area contributed by atoms with Gasteiger partial charge >= 0.3 is 0 Å². The van der Waals surface area contributed by atoms with E-state index in [4.69, 9.17) is 4.74 Å². The maximum atomic E-state index is 12.8. The van der Waals surface area contributed by atoms with E-state index < -0.39 is 0 Å². The Balaban J connectivity index is 1.82. The van der Waals surface area contributed by atoms with Crippen molar-refractivity contribution in [1.82, 2.24) is 9.97 Å². The Morgan fingerprint density at radius 3 is 2.46 bits per heavy atom. The number of H-pyrrole nitrogens is 1. The third-order valence-corrected chi connectivity index (χ3v) is 4.52. The molecule has 1 amide bonds. The first-order chi connectivity index (χ1) is 12.7. The van der Waals surface area contributed by atoms with Crippen LogP contribution >= 0.6 is 0 Å². The number of nitrogens with one attached hydrogen (secondary N) is 2. The molecule has 2 heterocycles. The molecule has 6 nitrogen and oxygen atoms in total. The Morgan fingerprint density at radius 2 is 1.77 bits per heavy atom. The number of ether oxygens (including phenoxy) is 1. The van der Waals surface area contributed by atoms with Crippen LogP contribution in [-0.4, -0.2) is 23.0 Å². The predicted octanol–water partition coefficient (Wildman–Crippen LogP) is 2.92. The second kappa shape index (κ2) is 6.48. The number of fused-ring (bicyclic) bond motifs is 1. The molecular weight excluding hydrogens is 330 g/mol. The van der Waals surface area contributed by atoms with Crippen molar-refractivity contribution >= 4 is 11.7 Å². The normalized spacial score (nSPS) is 15.9. The van der Waals surface area contributed by atoms with E-state index in [0.29, 0.717) is 17.2 Å². The molecule has 0 saturated carbocycles. The Kier molecular flexibility index (Phi) is 4.01. The molecule has 130 valence electrons. The van der Waals surface area contributed by atoms with Crippen molar-refractivity contribution in [3.05, 3.63) is 76.1 Å². The van der Waals surface area contributed by atoms with Crippen LogP contribution in [0.5, 0.6) is 5.75 Å². The number of hydrogen-bond donors (Lipinski definition) is 2. The van der Waals surface area contributed by atoms with Crippen LogP contribution in [0.4, 0.5) is 5.82 Å². The lowest BCUT2D eigenvalue weighted by atomic mass is 9.87. The van der Waals surface area contributed by atoms with Crippen molar-refractivity contribution in [3.63, 3.8) is 0 Å². The van der Waals surface area contributed by atoms with E-state index in [1.165, 1.54) is 0 Å². The van der Waals surface area contributed by atoms with Gasteiger partial charge in [-0.1, -0.05) is 42.5 Å². The van der Waals surface area contributed by atoms with Gasteiger partial charge in [0.1, 0.15) is 17.4 Å². The molecule has 0 unspecified atom stereocenters. The lowest BCUT2D eigenvalue weighted by Gasteiger charge is -2.24. The number of aromatic amines is 1. The van der Waals surface area contributed by atoms with E-state index in [0.717, 1.165) is 16.9 Å². The van der Waals surface area contributed by atoms with Crippen molar-refractivity contribution in [2.45, 2.75) is 12.3 Å². The maximum Gasteiger partial charge on any atom is 0.257 e. The predicted molar refractivity (Wildman–Crippen MR) is 98.4 cm³/mol. The molecule has 26 heavy (non-hydrogen) atoms. The van der Waals surface area contributed by atoms with E-state index in [-0.39, 0.29) is 23.8 Å². The second-order valence-corrected chi connectivity index (χ2v) is 6.12. The first kappa shape index (κ1) is 16.1. The number of rotatable bonds is 3. The largest absolute Gasteiger partial charge is 0.497 e. The summed E-state index contributed by atoms with van der Waals surface area (Å²) in [6.07, 6.45) is 0.203. The molecule has 1 aliphatic heterocycles. The van der Waals surface area contributed by atoms with Gasteiger partial charge in [0.15, 0.2) is 0 Å². The van der Waals surface area contributed by atoms with Crippen molar-refractivity contribution in [3.8, 4) is 17.1 Å². The van der Waals surface area contributed by atoms with Gasteiger partial charge < -0.3 is 15.0 Å². The zero-order valence-electron chi connectivity index (χ0n) is 14.2. The SMILES string of the molecule is COc1ccc([C@@H]2CC(=O)Nc3nc(-c4ccccc4)[nH]c(=O)c32)cc1. The number of carbonyl (C=O) groups excluding carboxylic acids is 1. The zero-order valence-corrected chi connectivity index (χ0v) is 14.2. The molecule has 0 spiro atoms. The number of aromatic nitrogens is 2. The van der Waals surface area contributed by atoms with Crippen molar-refractivity contribution in [2.24, 2.45) is 0 Å². The minimum atomic E-state index is -0.342. The lowest BCUT2D eigenvalue weighted by molar-refractivity contribution is -0.116. The van der Waals surface area contributed by atoms with Gasteiger partial charge in [-0.05, 0) is 17.7 Å². The Morgan fingerprint density at radius 1 is 1.04 bits per heavy atom. The number of amides is 1. The summed E-state index contributed by atoms with van der Waals surface area (Å²) in [6, 6.07) is 16.7. The van der Waals surface area contributed by atoms with Gasteiger partial charge in [-0.2, -0.15) is 0 Å². The summed E-state index contributed by atoms with van der Waals surface area (Å²) in [4.78, 5) is 32.3. The first-order valence-electron chi connectivity index (χ1n) is 8.29. The summed E-state index contributed by atoms with van der Waals surface area (Å²) in [5, 5.41) is 2.74. The number of anilines is 1. The van der Waals surface area contributed by atoms with Crippen LogP contribution in [0.25, 0.3) is 11.4 Å². The van der Waals surface area contributed by atoms with E-state index in [1.54, 1.807) is 7.11 Å². The first-order valence-corrected chi connectivity index (χ1v) is 8.29. The van der Waals surface area contributed by atoms with Crippen LogP contribution in [0.1, 0.15) is 23.5 Å². The fourth-order valence-corrected chi connectivity index (χ4v) is 3.22. The highest BCUT2D eigenvalue weighted by Crippen LogP contribution is 2.35. The van der Waals surface area contributed by atoms with Crippen LogP contribution in [0.2, 0.25) is 0 Å². The number of hydrogen-bond acceptors (Lipinski definition) is 4. The molecule has 0 bridgehead atoms. The highest BCUT2D eigenvalue weighted by Gasteiger charge is 2.31. The lowest BCUT2D eigenvalue weighted by Crippen LogP contribution is -2.31. The molecule has 4 rings (SSSR count). The molecule has 1 atom stereocenters. The van der Waals surface area contributed by atoms with Gasteiger partial charge in [-0.3, -0.25) is 9.59 Å². The fraction of sp³-hybridized carbons (Fsp3) is 0.150. The van der Waals surface area contributed by atoms with E-state index in [9.17, 15) is 9.59 Å². The topological polar surface area (TPSA) is 84.1 Å². The highest BCUT2D eigenvalue weighted by atomic mass is 16.5. The summed E-state index contributed by atoms with van der Waals surface area (Å²) in [5.74, 6) is 0.983. The molecule has 1 aromatic heterocycles. The molecule has 0 radical (unpaired) electrons. The van der Waals surface area contributed by atoms with Crippen molar-refractivity contribution < 1.29 is 9.53 Å². The maximum absolute atomic E-state index is 12.8. The molecule has 0 fully saturated rings. The molecule has 6 heteroatoms. The smallest absolute Gasteiger partial charge is 0.257 e. The molecule has 1 aliphatic rings. The van der Waals surface area contributed by atoms with E-state index >= 15 is 0 Å². The Bertz CT molecular complexity index is 1010. The van der Waals surface area contributed by atoms with Crippen LogP contribution in [0, 0.1) is 0 Å². The average molecular weight is 347 g/mol. The summed E-state index contributed by atoms with van der Waals surface area (Å²) in [7, 11) is 1.60. The van der Waals surface area contributed by atoms with Crippen molar-refractivity contribution in [2.75, 3.05) is 12.4 Å². The van der Waals surface area contributed by atoms with Gasteiger partial charge in [-0.15, -0.1) is 0 Å². The van der Waals surface area contributed by atoms with Crippen molar-refractivity contribution in [1.29, 1.82) is 0 Å². The summed E-state index contributed by atoms with van der Waals surface area (Å²) >= 11 is 0. The van der Waals surface area contributed by atoms with Gasteiger partial charge in [0.2, 0.25) is 5.91 Å². The zero-order chi connectivity index (χ0) is 18.1. The minimum Gasteiger partial charge on any atom is -0.497 e. The van der Waals surface area contributed by atoms with E-state index in [2.05, 4.69) is 15.3 Å². The quantitative estimate of drug-likeness (QED) is 0.763. The molecule has 3 aromatic rings. The summed E-state index contributed by atoms with van der Waals surface area (Å²) < 4.78 is 5.18. The Hall–Kier alpha value is -3.41. The summed E-state index contributed by atoms with van der Waals surface area (Å²) in [6.45, 7) is 0. The molecule has 0 aliphatic carbocycles. The summed E-state index contributed by atoms with van der Waals surface area (Å²) in [5.41, 5.74) is 1.90. The molecular formula is C20H17N3O3. The Labute approximate surface area is 149 Å². The van der Waals surface area contributed by atoms with Crippen LogP contribution in [0.3, 0.4) is 0 Å². The highest BCUT2D eigenvalue weighted by molar-refractivity contribution is 5.94. The third-order valence-electron chi connectivity index (χ3n) is 4.52. The van der Waals surface area contributed by atoms with Crippen LogP contribution in [0.15, 0.2) is 59.4 Å². The van der Waals surface area contributed by atoms with Gasteiger partial charge in [0.05, 0.1) is 12.7 Å². The number of methoxy groups -OCH3 is 1. The standard InChI is InChI=1S/C20H17N3O3/c1-26-14-9-7-12(8-10-14)15-11-16(24)21-19-17(15)20(25)23-18(22-19)13-5-3-2-4-6-13/h2-10,15H,11H2,1H3,(H2,21,22,23,24,25)/t15-/m0/s1. The molecule has 0 saturated heterocycles.